The predicted molar refractivity (Wildman–Crippen MR) is 321 cm³/mol. The number of β-amino-alcohol motifs (C(OH)–C–C–N with tert-alkyl or cyclic N) is 1. The summed E-state index contributed by atoms with van der Waals surface area (Å²) in [5.74, 6) is -4.66. The molecule has 440 valence electrons. The van der Waals surface area contributed by atoms with Crippen LogP contribution in [0.4, 0.5) is 24.1 Å². The number of rotatable bonds is 17. The number of aryl methyl sites for hydroxylation is 1. The number of anilines is 2. The summed E-state index contributed by atoms with van der Waals surface area (Å²) in [5.41, 5.74) is 7.62. The van der Waals surface area contributed by atoms with Crippen molar-refractivity contribution in [3.63, 3.8) is 0 Å². The van der Waals surface area contributed by atoms with E-state index in [-0.39, 0.29) is 35.9 Å². The van der Waals surface area contributed by atoms with Gasteiger partial charge in [-0.15, -0.1) is 11.3 Å². The minimum atomic E-state index is -4.76. The van der Waals surface area contributed by atoms with E-state index >= 15 is 0 Å². The summed E-state index contributed by atoms with van der Waals surface area (Å²) in [6.07, 6.45) is -6.48. The number of ether oxygens (including phenoxy) is 1. The number of hydrogen-bond acceptors (Lipinski definition) is 13. The Kier molecular flexibility index (Phi) is 17.2. The number of carboxylic acids is 1. The number of carbonyl (C=O) groups is 5. The zero-order chi connectivity index (χ0) is 60.5. The number of aromatic nitrogens is 3. The number of para-hydroxylation sites is 1. The number of amides is 4. The van der Waals surface area contributed by atoms with Gasteiger partial charge in [-0.05, 0) is 127 Å². The van der Waals surface area contributed by atoms with Gasteiger partial charge >= 0.3 is 12.1 Å². The summed E-state index contributed by atoms with van der Waals surface area (Å²) < 4.78 is 51.7. The monoisotopic (exact) mass is 1190 g/mol. The zero-order valence-electron chi connectivity index (χ0n) is 47.5. The number of aromatic carboxylic acids is 1. The minimum Gasteiger partial charge on any atom is -0.476 e. The zero-order valence-corrected chi connectivity index (χ0v) is 49.1. The van der Waals surface area contributed by atoms with E-state index in [0.717, 1.165) is 43.0 Å². The van der Waals surface area contributed by atoms with Crippen LogP contribution in [-0.4, -0.2) is 97.1 Å². The minimum absolute atomic E-state index is 0.0430. The van der Waals surface area contributed by atoms with Crippen molar-refractivity contribution in [3.05, 3.63) is 172 Å². The van der Waals surface area contributed by atoms with Crippen molar-refractivity contribution in [3.8, 4) is 33.1 Å². The van der Waals surface area contributed by atoms with E-state index in [4.69, 9.17) is 4.74 Å². The van der Waals surface area contributed by atoms with E-state index in [1.807, 2.05) is 72.5 Å². The number of carbonyl (C=O) groups excluding carboxylic acids is 4. The Hall–Kier alpha value is -8.53. The molecule has 4 amide bonds. The summed E-state index contributed by atoms with van der Waals surface area (Å²) in [7, 11) is 0. The number of fused-ring (bicyclic) bond motifs is 2. The third-order valence-electron chi connectivity index (χ3n) is 15.6. The summed E-state index contributed by atoms with van der Waals surface area (Å²) in [6, 6.07) is 31.9. The number of benzene rings is 5. The first-order valence-electron chi connectivity index (χ1n) is 27.8. The van der Waals surface area contributed by atoms with E-state index in [1.54, 1.807) is 76.5 Å². The number of likely N-dealkylation sites (tertiary alicyclic amines) is 1. The second kappa shape index (κ2) is 24.6. The Morgan fingerprint density at radius 1 is 0.835 bits per heavy atom. The van der Waals surface area contributed by atoms with Crippen molar-refractivity contribution in [1.82, 2.24) is 30.5 Å². The lowest BCUT2D eigenvalue weighted by atomic mass is 9.85. The van der Waals surface area contributed by atoms with Gasteiger partial charge in [0.25, 0.3) is 5.91 Å². The molecule has 8 aromatic rings. The Morgan fingerprint density at radius 2 is 1.56 bits per heavy atom. The van der Waals surface area contributed by atoms with Crippen LogP contribution in [0.5, 0.6) is 11.5 Å². The molecule has 0 bridgehead atoms. The Morgan fingerprint density at radius 3 is 2.26 bits per heavy atom. The number of alkyl halides is 3. The maximum absolute atomic E-state index is 14.9. The van der Waals surface area contributed by atoms with Crippen molar-refractivity contribution in [2.45, 2.75) is 110 Å². The lowest BCUT2D eigenvalue weighted by Crippen LogP contribution is -2.57. The van der Waals surface area contributed by atoms with Gasteiger partial charge in [-0.2, -0.15) is 13.2 Å². The van der Waals surface area contributed by atoms with Crippen LogP contribution in [0, 0.1) is 19.3 Å². The molecular weight excluding hydrogens is 1130 g/mol. The molecule has 0 aliphatic carbocycles. The molecule has 2 aliphatic rings. The maximum atomic E-state index is 14.9. The molecule has 0 spiro atoms. The average molecular weight is 1190 g/mol. The topological polar surface area (TPSA) is 216 Å². The van der Waals surface area contributed by atoms with Gasteiger partial charge in [0, 0.05) is 43.6 Å². The fraction of sp³-hybridized carbons (Fsp3) is 0.312. The van der Waals surface area contributed by atoms with E-state index in [0.29, 0.717) is 58.5 Å². The largest absolute Gasteiger partial charge is 0.476 e. The lowest BCUT2D eigenvalue weighted by Gasteiger charge is -2.35. The van der Waals surface area contributed by atoms with Crippen molar-refractivity contribution < 1.29 is 52.1 Å². The molecule has 1 saturated heterocycles. The van der Waals surface area contributed by atoms with Gasteiger partial charge in [0.05, 0.1) is 44.4 Å². The van der Waals surface area contributed by atoms with Crippen LogP contribution >= 0.6 is 22.7 Å². The van der Waals surface area contributed by atoms with Crippen LogP contribution in [0.3, 0.4) is 0 Å². The molecule has 2 aliphatic heterocycles. The van der Waals surface area contributed by atoms with Crippen LogP contribution in [-0.2, 0) is 27.3 Å². The second-order valence-corrected chi connectivity index (χ2v) is 24.4. The number of halogens is 3. The summed E-state index contributed by atoms with van der Waals surface area (Å²) in [5, 5.41) is 30.3. The maximum Gasteiger partial charge on any atom is 0.395 e. The molecule has 0 saturated carbocycles. The number of aliphatic hydroxyl groups excluding tert-OH is 1. The highest BCUT2D eigenvalue weighted by molar-refractivity contribution is 7.22. The Labute approximate surface area is 497 Å². The Bertz CT molecular complexity index is 3790. The molecule has 1 fully saturated rings. The summed E-state index contributed by atoms with van der Waals surface area (Å²) >= 11 is 2.91. The first-order chi connectivity index (χ1) is 40.5. The van der Waals surface area contributed by atoms with Crippen LogP contribution in [0.15, 0.2) is 127 Å². The normalized spacial score (nSPS) is 16.3. The fourth-order valence-corrected chi connectivity index (χ4v) is 12.7. The predicted octanol–water partition coefficient (Wildman–Crippen LogP) is 12.2. The molecule has 3 aromatic heterocycles. The van der Waals surface area contributed by atoms with Gasteiger partial charge in [0.1, 0.15) is 29.4 Å². The van der Waals surface area contributed by atoms with E-state index in [1.165, 1.54) is 51.8 Å². The van der Waals surface area contributed by atoms with Crippen molar-refractivity contribution in [2.75, 3.05) is 23.3 Å². The van der Waals surface area contributed by atoms with E-state index in [9.17, 15) is 47.4 Å². The van der Waals surface area contributed by atoms with Crippen molar-refractivity contribution in [2.24, 2.45) is 5.41 Å². The van der Waals surface area contributed by atoms with E-state index < -0.39 is 78.3 Å². The van der Waals surface area contributed by atoms with Gasteiger partial charge in [0.2, 0.25) is 17.7 Å². The molecule has 5 atom stereocenters. The molecule has 5 unspecified atom stereocenters. The SMILES string of the molecule is Cc1ncsc1-c1ccc(C(C)NC(=O)C2CC(O)CN2C(=O)C(NC(=O)CCC(c2ccc(Oc3cccc(-c4ccc(N5CCc6cccc(C(=O)Nc7nc8ccccc8s7)c6C5)nc4C(=O)O)c3C)cc2)C(F)(F)F)C(C)(C)C)cc1. The number of nitrogens with one attached hydrogen (secondary N) is 3. The molecule has 0 radical (unpaired) electrons. The standard InChI is InChI=1S/C64H63F3N8O8S2/c1-35-44(45-25-27-53(71-55(45)61(81)82)74-30-29-39-11-9-13-46(47(39)33-74)58(78)73-62-70-49-14-7-8-16-52(49)85-62)12-10-15-51(35)83-43-23-21-40(22-24-43)48(64(65,66)67)26-28-54(77)72-57(63(4,5)6)60(80)75-32-42(76)31-50(75)59(79)69-36(2)38-17-19-41(20-18-38)56-37(3)68-34-84-56/h7-25,27,34,36,42,48,50,57,76H,26,28-33H2,1-6H3,(H,69,79)(H,72,77)(H,81,82)(H,70,73,78). The summed E-state index contributed by atoms with van der Waals surface area (Å²) in [6.45, 7) is 11.2. The smallest absolute Gasteiger partial charge is 0.395 e. The van der Waals surface area contributed by atoms with Gasteiger partial charge in [-0.3, -0.25) is 24.5 Å². The number of aliphatic hydroxyl groups is 1. The number of carboxylic acid groups (broad SMARTS) is 1. The van der Waals surface area contributed by atoms with Gasteiger partial charge in [-0.25, -0.2) is 19.7 Å². The number of hydrogen-bond donors (Lipinski definition) is 5. The third-order valence-corrected chi connectivity index (χ3v) is 17.6. The highest BCUT2D eigenvalue weighted by atomic mass is 32.1. The van der Waals surface area contributed by atoms with Crippen molar-refractivity contribution >= 4 is 73.4 Å². The fourth-order valence-electron chi connectivity index (χ4n) is 11.0. The van der Waals surface area contributed by atoms with Gasteiger partial charge < -0.3 is 35.4 Å². The highest BCUT2D eigenvalue weighted by Gasteiger charge is 2.46. The molecule has 16 nitrogen and oxygen atoms in total. The molecular formula is C64H63F3N8O8S2. The lowest BCUT2D eigenvalue weighted by molar-refractivity contribution is -0.153. The van der Waals surface area contributed by atoms with Gasteiger partial charge in [-0.1, -0.05) is 105 Å². The third kappa shape index (κ3) is 13.2. The highest BCUT2D eigenvalue weighted by Crippen LogP contribution is 2.41. The van der Waals surface area contributed by atoms with Crippen LogP contribution in [0.2, 0.25) is 0 Å². The number of nitrogens with zero attached hydrogens (tertiary/aromatic N) is 5. The Balaban J connectivity index is 0.776. The van der Waals surface area contributed by atoms with Crippen LogP contribution in [0.25, 0.3) is 31.8 Å². The quantitative estimate of drug-likeness (QED) is 0.0576. The molecule has 5 heterocycles. The molecule has 85 heavy (non-hydrogen) atoms. The van der Waals surface area contributed by atoms with Crippen molar-refractivity contribution in [1.29, 1.82) is 0 Å². The first-order valence-corrected chi connectivity index (χ1v) is 29.5. The van der Waals surface area contributed by atoms with Crippen LogP contribution < -0.4 is 25.6 Å². The van der Waals surface area contributed by atoms with E-state index in [2.05, 4.69) is 30.9 Å². The second-order valence-electron chi connectivity index (χ2n) is 22.5. The summed E-state index contributed by atoms with van der Waals surface area (Å²) in [4.78, 5) is 86.1. The first kappa shape index (κ1) is 59.6. The number of thiazole rings is 2. The molecule has 5 aromatic carbocycles. The molecule has 5 N–H and O–H groups in total. The molecule has 21 heteroatoms. The van der Waals surface area contributed by atoms with Gasteiger partial charge in [0.15, 0.2) is 10.8 Å². The van der Waals surface area contributed by atoms with Crippen LogP contribution in [0.1, 0.15) is 113 Å². The number of pyridine rings is 1. The molecule has 10 rings (SSSR count). The average Bonchev–Trinajstić information content (AvgIpc) is 4.00.